The largest absolute Gasteiger partial charge is 0.316 e. The Morgan fingerprint density at radius 1 is 1.47 bits per heavy atom. The predicted octanol–water partition coefficient (Wildman–Crippen LogP) is 2.19. The van der Waals surface area contributed by atoms with Crippen LogP contribution >= 0.6 is 27.3 Å². The Kier molecular flexibility index (Phi) is 3.54. The van der Waals surface area contributed by atoms with E-state index in [1.54, 1.807) is 10.4 Å². The maximum Gasteiger partial charge on any atom is 0.252 e. The van der Waals surface area contributed by atoms with Gasteiger partial charge in [-0.25, -0.2) is 8.42 Å². The molecule has 106 valence electrons. The number of hydrogen-bond acceptors (Lipinski definition) is 4. The molecular weight excluding hydrogens is 348 g/mol. The summed E-state index contributed by atoms with van der Waals surface area (Å²) >= 11 is 4.71. The molecule has 1 aromatic heterocycles. The standard InChI is InChI=1S/C12H17BrN2O2S2/c1-9-6-10(18-11(9)13)19(16,17)15-5-3-12(8-15)2-4-14-7-12/h6,14H,2-5,7-8H2,1H3. The van der Waals surface area contributed by atoms with Gasteiger partial charge >= 0.3 is 0 Å². The third-order valence-electron chi connectivity index (χ3n) is 4.16. The molecule has 19 heavy (non-hydrogen) atoms. The van der Waals surface area contributed by atoms with Crippen LogP contribution in [0.1, 0.15) is 18.4 Å². The third-order valence-corrected chi connectivity index (χ3v) is 8.60. The zero-order chi connectivity index (χ0) is 13.7. The Hall–Kier alpha value is 0.0500. The molecule has 1 N–H and O–H groups in total. The summed E-state index contributed by atoms with van der Waals surface area (Å²) in [5, 5.41) is 3.35. The van der Waals surface area contributed by atoms with Crippen LogP contribution in [0, 0.1) is 12.3 Å². The van der Waals surface area contributed by atoms with E-state index in [-0.39, 0.29) is 5.41 Å². The van der Waals surface area contributed by atoms with Crippen LogP contribution in [-0.2, 0) is 10.0 Å². The van der Waals surface area contributed by atoms with Crippen LogP contribution in [0.3, 0.4) is 0 Å². The fourth-order valence-corrected chi connectivity index (χ4v) is 6.86. The molecule has 1 spiro atoms. The van der Waals surface area contributed by atoms with E-state index in [4.69, 9.17) is 0 Å². The highest BCUT2D eigenvalue weighted by molar-refractivity contribution is 9.11. The number of halogens is 1. The molecule has 0 saturated carbocycles. The summed E-state index contributed by atoms with van der Waals surface area (Å²) in [5.41, 5.74) is 1.16. The number of thiophene rings is 1. The van der Waals surface area contributed by atoms with Crippen molar-refractivity contribution in [2.24, 2.45) is 5.41 Å². The summed E-state index contributed by atoms with van der Waals surface area (Å²) in [6.45, 7) is 5.20. The SMILES string of the molecule is Cc1cc(S(=O)(=O)N2CCC3(CCNC3)C2)sc1Br. The average molecular weight is 365 g/mol. The molecule has 2 saturated heterocycles. The first-order valence-corrected chi connectivity index (χ1v) is 9.45. The predicted molar refractivity (Wildman–Crippen MR) is 80.1 cm³/mol. The van der Waals surface area contributed by atoms with Crippen molar-refractivity contribution in [3.8, 4) is 0 Å². The Balaban J connectivity index is 1.86. The van der Waals surface area contributed by atoms with Gasteiger partial charge in [-0.2, -0.15) is 4.31 Å². The van der Waals surface area contributed by atoms with Gasteiger partial charge < -0.3 is 5.32 Å². The second-order valence-electron chi connectivity index (χ2n) is 5.54. The van der Waals surface area contributed by atoms with Crippen molar-refractivity contribution in [2.75, 3.05) is 26.2 Å². The van der Waals surface area contributed by atoms with Gasteiger partial charge in [-0.1, -0.05) is 0 Å². The van der Waals surface area contributed by atoms with Crippen molar-refractivity contribution in [1.82, 2.24) is 9.62 Å². The third kappa shape index (κ3) is 2.40. The fraction of sp³-hybridized carbons (Fsp3) is 0.667. The Labute approximate surface area is 126 Å². The van der Waals surface area contributed by atoms with Crippen LogP contribution in [0.4, 0.5) is 0 Å². The fourth-order valence-electron chi connectivity index (χ4n) is 2.93. The van der Waals surface area contributed by atoms with Gasteiger partial charge in [0.15, 0.2) is 0 Å². The van der Waals surface area contributed by atoms with Gasteiger partial charge in [0.05, 0.1) is 3.79 Å². The molecule has 0 bridgehead atoms. The van der Waals surface area contributed by atoms with Gasteiger partial charge in [-0.15, -0.1) is 11.3 Å². The van der Waals surface area contributed by atoms with E-state index >= 15 is 0 Å². The van der Waals surface area contributed by atoms with E-state index in [9.17, 15) is 8.42 Å². The number of nitrogens with one attached hydrogen (secondary N) is 1. The van der Waals surface area contributed by atoms with Gasteiger partial charge in [0.1, 0.15) is 4.21 Å². The molecule has 3 heterocycles. The van der Waals surface area contributed by atoms with Crippen LogP contribution in [0.2, 0.25) is 0 Å². The summed E-state index contributed by atoms with van der Waals surface area (Å²) in [4.78, 5) is 0. The maximum atomic E-state index is 12.6. The Bertz CT molecular complexity index is 571. The lowest BCUT2D eigenvalue weighted by Crippen LogP contribution is -2.33. The van der Waals surface area contributed by atoms with E-state index in [1.807, 2.05) is 6.92 Å². The lowest BCUT2D eigenvalue weighted by atomic mass is 9.87. The minimum Gasteiger partial charge on any atom is -0.316 e. The van der Waals surface area contributed by atoms with Crippen molar-refractivity contribution in [2.45, 2.75) is 24.0 Å². The average Bonchev–Trinajstić information content (AvgIpc) is 3.05. The van der Waals surface area contributed by atoms with E-state index < -0.39 is 10.0 Å². The van der Waals surface area contributed by atoms with Crippen molar-refractivity contribution in [3.63, 3.8) is 0 Å². The van der Waals surface area contributed by atoms with Gasteiger partial charge in [-0.05, 0) is 59.3 Å². The number of nitrogens with zero attached hydrogens (tertiary/aromatic N) is 1. The molecule has 0 radical (unpaired) electrons. The van der Waals surface area contributed by atoms with Gasteiger partial charge in [0.25, 0.3) is 10.0 Å². The summed E-state index contributed by atoms with van der Waals surface area (Å²) in [6, 6.07) is 1.77. The van der Waals surface area contributed by atoms with Crippen LogP contribution in [0.5, 0.6) is 0 Å². The number of aryl methyl sites for hydroxylation is 1. The molecule has 1 atom stereocenters. The zero-order valence-electron chi connectivity index (χ0n) is 10.8. The quantitative estimate of drug-likeness (QED) is 0.874. The van der Waals surface area contributed by atoms with Gasteiger partial charge in [0, 0.05) is 19.6 Å². The normalized spacial score (nSPS) is 28.5. The number of rotatable bonds is 2. The molecule has 2 aliphatic rings. The van der Waals surface area contributed by atoms with E-state index in [2.05, 4.69) is 21.2 Å². The minimum atomic E-state index is -3.31. The van der Waals surface area contributed by atoms with Crippen LogP contribution < -0.4 is 5.32 Å². The molecule has 1 unspecified atom stereocenters. The first kappa shape index (κ1) is 14.0. The summed E-state index contributed by atoms with van der Waals surface area (Å²) in [7, 11) is -3.31. The molecule has 2 aliphatic heterocycles. The van der Waals surface area contributed by atoms with Crippen LogP contribution in [-0.4, -0.2) is 38.9 Å². The van der Waals surface area contributed by atoms with Gasteiger partial charge in [-0.3, -0.25) is 0 Å². The molecule has 4 nitrogen and oxygen atoms in total. The van der Waals surface area contributed by atoms with Crippen LogP contribution in [0.25, 0.3) is 0 Å². The monoisotopic (exact) mass is 364 g/mol. The van der Waals surface area contributed by atoms with Crippen molar-refractivity contribution in [1.29, 1.82) is 0 Å². The molecular formula is C12H17BrN2O2S2. The highest BCUT2D eigenvalue weighted by atomic mass is 79.9. The van der Waals surface area contributed by atoms with Crippen LogP contribution in [0.15, 0.2) is 14.1 Å². The first-order chi connectivity index (χ1) is 8.93. The lowest BCUT2D eigenvalue weighted by molar-refractivity contribution is 0.338. The van der Waals surface area contributed by atoms with Gasteiger partial charge in [0.2, 0.25) is 0 Å². The molecule has 1 aromatic rings. The minimum absolute atomic E-state index is 0.177. The molecule has 0 aromatic carbocycles. The lowest BCUT2D eigenvalue weighted by Gasteiger charge is -2.22. The summed E-state index contributed by atoms with van der Waals surface area (Å²) < 4.78 is 28.3. The first-order valence-electron chi connectivity index (χ1n) is 6.40. The number of hydrogen-bond donors (Lipinski definition) is 1. The zero-order valence-corrected chi connectivity index (χ0v) is 14.0. The summed E-state index contributed by atoms with van der Waals surface area (Å²) in [6.07, 6.45) is 2.07. The number of sulfonamides is 1. The topological polar surface area (TPSA) is 49.4 Å². The molecule has 0 aliphatic carbocycles. The highest BCUT2D eigenvalue weighted by Crippen LogP contribution is 2.40. The molecule has 7 heteroatoms. The van der Waals surface area contributed by atoms with Crippen molar-refractivity contribution < 1.29 is 8.42 Å². The molecule has 2 fully saturated rings. The molecule has 3 rings (SSSR count). The Morgan fingerprint density at radius 2 is 2.26 bits per heavy atom. The Morgan fingerprint density at radius 3 is 2.84 bits per heavy atom. The maximum absolute atomic E-state index is 12.6. The van der Waals surface area contributed by atoms with Crippen molar-refractivity contribution >= 4 is 37.3 Å². The summed E-state index contributed by atoms with van der Waals surface area (Å²) in [5.74, 6) is 0. The smallest absolute Gasteiger partial charge is 0.252 e. The second-order valence-corrected chi connectivity index (χ2v) is 10.1. The van der Waals surface area contributed by atoms with Crippen molar-refractivity contribution in [3.05, 3.63) is 15.4 Å². The van der Waals surface area contributed by atoms with E-state index in [0.717, 1.165) is 35.3 Å². The highest BCUT2D eigenvalue weighted by Gasteiger charge is 2.44. The molecule has 0 amide bonds. The second kappa shape index (κ2) is 4.80. The van der Waals surface area contributed by atoms with E-state index in [0.29, 0.717) is 17.3 Å². The van der Waals surface area contributed by atoms with E-state index in [1.165, 1.54) is 11.3 Å².